The monoisotopic (exact) mass is 198 g/mol. The minimum absolute atomic E-state index is 0.0192. The van der Waals surface area contributed by atoms with Gasteiger partial charge in [-0.15, -0.1) is 0 Å². The van der Waals surface area contributed by atoms with Crippen LogP contribution in [-0.2, 0) is 4.74 Å². The molecule has 1 fully saturated rings. The molecular weight excluding hydrogens is 180 g/mol. The Bertz CT molecular complexity index is 227. The molecule has 0 spiro atoms. The summed E-state index contributed by atoms with van der Waals surface area (Å²) in [5.74, 6) is 0. The highest BCUT2D eigenvalue weighted by atomic mass is 16.5. The van der Waals surface area contributed by atoms with Crippen molar-refractivity contribution in [2.75, 3.05) is 33.3 Å². The molecule has 0 aromatic carbocycles. The van der Waals surface area contributed by atoms with Crippen LogP contribution in [0.25, 0.3) is 10.4 Å². The third-order valence-corrected chi connectivity index (χ3v) is 2.81. The van der Waals surface area contributed by atoms with Crippen molar-refractivity contribution >= 4 is 0 Å². The molecule has 1 aliphatic heterocycles. The summed E-state index contributed by atoms with van der Waals surface area (Å²) in [6.45, 7) is 5.54. The standard InChI is InChI=1S/C9H18N4O/c1-9(14-2)4-3-6-13(8-9)7-5-11-12-10/h3-8H2,1-2H3. The van der Waals surface area contributed by atoms with Crippen LogP contribution in [0.1, 0.15) is 19.8 Å². The van der Waals surface area contributed by atoms with Gasteiger partial charge in [-0.25, -0.2) is 0 Å². The van der Waals surface area contributed by atoms with Crippen molar-refractivity contribution in [3.8, 4) is 0 Å². The lowest BCUT2D eigenvalue weighted by atomic mass is 9.95. The van der Waals surface area contributed by atoms with Gasteiger partial charge in [0.2, 0.25) is 0 Å². The minimum atomic E-state index is -0.0192. The van der Waals surface area contributed by atoms with Gasteiger partial charge in [0.25, 0.3) is 0 Å². The fourth-order valence-electron chi connectivity index (χ4n) is 1.90. The lowest BCUT2D eigenvalue weighted by Crippen LogP contribution is -2.47. The van der Waals surface area contributed by atoms with Gasteiger partial charge in [0.05, 0.1) is 5.60 Å². The topological polar surface area (TPSA) is 61.2 Å². The lowest BCUT2D eigenvalue weighted by molar-refractivity contribution is -0.0498. The average molecular weight is 198 g/mol. The number of piperidine rings is 1. The third kappa shape index (κ3) is 3.18. The SMILES string of the molecule is COC1(C)CCCN(CCN=[N+]=[N-])C1. The summed E-state index contributed by atoms with van der Waals surface area (Å²) in [5.41, 5.74) is 8.14. The van der Waals surface area contributed by atoms with Crippen molar-refractivity contribution in [1.29, 1.82) is 0 Å². The fourth-order valence-corrected chi connectivity index (χ4v) is 1.90. The van der Waals surface area contributed by atoms with Gasteiger partial charge in [0.1, 0.15) is 0 Å². The van der Waals surface area contributed by atoms with Crippen LogP contribution in [0, 0.1) is 0 Å². The highest BCUT2D eigenvalue weighted by molar-refractivity contribution is 4.84. The third-order valence-electron chi connectivity index (χ3n) is 2.81. The zero-order valence-electron chi connectivity index (χ0n) is 8.94. The van der Waals surface area contributed by atoms with Gasteiger partial charge in [-0.05, 0) is 31.8 Å². The molecule has 1 aliphatic rings. The van der Waals surface area contributed by atoms with E-state index < -0.39 is 0 Å². The molecule has 5 heteroatoms. The van der Waals surface area contributed by atoms with E-state index in [1.54, 1.807) is 7.11 Å². The molecule has 5 nitrogen and oxygen atoms in total. The molecule has 1 heterocycles. The van der Waals surface area contributed by atoms with Crippen molar-refractivity contribution in [3.05, 3.63) is 10.4 Å². The van der Waals surface area contributed by atoms with Gasteiger partial charge < -0.3 is 9.64 Å². The van der Waals surface area contributed by atoms with Crippen LogP contribution in [0.15, 0.2) is 5.11 Å². The second-order valence-electron chi connectivity index (χ2n) is 3.99. The van der Waals surface area contributed by atoms with Crippen LogP contribution in [-0.4, -0.2) is 43.8 Å². The summed E-state index contributed by atoms with van der Waals surface area (Å²) in [4.78, 5) is 5.04. The zero-order valence-corrected chi connectivity index (χ0v) is 8.94. The lowest BCUT2D eigenvalue weighted by Gasteiger charge is -2.39. The van der Waals surface area contributed by atoms with Crippen LogP contribution in [0.5, 0.6) is 0 Å². The quantitative estimate of drug-likeness (QED) is 0.393. The Morgan fingerprint density at radius 2 is 2.43 bits per heavy atom. The molecule has 0 aromatic heterocycles. The van der Waals surface area contributed by atoms with Crippen LogP contribution in [0.3, 0.4) is 0 Å². The summed E-state index contributed by atoms with van der Waals surface area (Å²) in [6.07, 6.45) is 2.27. The van der Waals surface area contributed by atoms with Gasteiger partial charge in [-0.1, -0.05) is 5.11 Å². The molecule has 0 amide bonds. The first-order valence-electron chi connectivity index (χ1n) is 4.98. The van der Waals surface area contributed by atoms with E-state index in [0.717, 1.165) is 32.5 Å². The van der Waals surface area contributed by atoms with Gasteiger partial charge in [-0.3, -0.25) is 0 Å². The van der Waals surface area contributed by atoms with Crippen molar-refractivity contribution in [3.63, 3.8) is 0 Å². The van der Waals surface area contributed by atoms with E-state index in [-0.39, 0.29) is 5.60 Å². The molecule has 1 atom stereocenters. The molecule has 1 saturated heterocycles. The average Bonchev–Trinajstić information content (AvgIpc) is 2.19. The molecular formula is C9H18N4O. The Kier molecular flexibility index (Phi) is 4.20. The second-order valence-corrected chi connectivity index (χ2v) is 3.99. The number of hydrogen-bond acceptors (Lipinski definition) is 3. The molecule has 1 unspecified atom stereocenters. The summed E-state index contributed by atoms with van der Waals surface area (Å²) in [7, 11) is 1.76. The van der Waals surface area contributed by atoms with Gasteiger partial charge in [0.15, 0.2) is 0 Å². The van der Waals surface area contributed by atoms with E-state index >= 15 is 0 Å². The Morgan fingerprint density at radius 3 is 3.07 bits per heavy atom. The first-order chi connectivity index (χ1) is 6.70. The Hall–Kier alpha value is -0.770. The zero-order chi connectivity index (χ0) is 10.4. The first kappa shape index (κ1) is 11.3. The largest absolute Gasteiger partial charge is 0.377 e. The van der Waals surface area contributed by atoms with Gasteiger partial charge in [0, 0.05) is 31.7 Å². The molecule has 0 aromatic rings. The molecule has 80 valence electrons. The van der Waals surface area contributed by atoms with E-state index in [4.69, 9.17) is 10.3 Å². The number of rotatable bonds is 4. The number of ether oxygens (including phenoxy) is 1. The van der Waals surface area contributed by atoms with Crippen molar-refractivity contribution in [1.82, 2.24) is 4.90 Å². The molecule has 0 bridgehead atoms. The van der Waals surface area contributed by atoms with Crippen LogP contribution >= 0.6 is 0 Å². The smallest absolute Gasteiger partial charge is 0.0777 e. The van der Waals surface area contributed by atoms with Crippen LogP contribution in [0.4, 0.5) is 0 Å². The van der Waals surface area contributed by atoms with E-state index in [1.165, 1.54) is 0 Å². The summed E-state index contributed by atoms with van der Waals surface area (Å²) < 4.78 is 5.47. The number of methoxy groups -OCH3 is 1. The van der Waals surface area contributed by atoms with E-state index in [0.29, 0.717) is 6.54 Å². The minimum Gasteiger partial charge on any atom is -0.377 e. The predicted molar refractivity (Wildman–Crippen MR) is 55.1 cm³/mol. The second kappa shape index (κ2) is 5.20. The fraction of sp³-hybridized carbons (Fsp3) is 1.00. The number of likely N-dealkylation sites (tertiary alicyclic amines) is 1. The van der Waals surface area contributed by atoms with E-state index in [9.17, 15) is 0 Å². The van der Waals surface area contributed by atoms with Crippen molar-refractivity contribution in [2.24, 2.45) is 5.11 Å². The summed E-state index contributed by atoms with van der Waals surface area (Å²) >= 11 is 0. The normalized spacial score (nSPS) is 28.4. The Morgan fingerprint density at radius 1 is 1.64 bits per heavy atom. The molecule has 1 rings (SSSR count). The van der Waals surface area contributed by atoms with E-state index in [1.807, 2.05) is 0 Å². The Balaban J connectivity index is 2.36. The summed E-state index contributed by atoms with van der Waals surface area (Å²) in [6, 6.07) is 0. The van der Waals surface area contributed by atoms with Crippen LogP contribution in [0.2, 0.25) is 0 Å². The highest BCUT2D eigenvalue weighted by Gasteiger charge is 2.30. The molecule has 14 heavy (non-hydrogen) atoms. The predicted octanol–water partition coefficient (Wildman–Crippen LogP) is 1.80. The number of hydrogen-bond donors (Lipinski definition) is 0. The van der Waals surface area contributed by atoms with Crippen molar-refractivity contribution in [2.45, 2.75) is 25.4 Å². The molecule has 0 aliphatic carbocycles. The number of azide groups is 1. The summed E-state index contributed by atoms with van der Waals surface area (Å²) in [5, 5.41) is 3.54. The maximum atomic E-state index is 8.16. The number of nitrogens with zero attached hydrogens (tertiary/aromatic N) is 4. The first-order valence-corrected chi connectivity index (χ1v) is 4.98. The molecule has 0 N–H and O–H groups in total. The highest BCUT2D eigenvalue weighted by Crippen LogP contribution is 2.23. The maximum absolute atomic E-state index is 8.16. The van der Waals surface area contributed by atoms with Gasteiger partial charge >= 0.3 is 0 Å². The molecule has 0 saturated carbocycles. The molecule has 0 radical (unpaired) electrons. The van der Waals surface area contributed by atoms with E-state index in [2.05, 4.69) is 21.8 Å². The maximum Gasteiger partial charge on any atom is 0.0777 e. The Labute approximate surface area is 84.7 Å². The van der Waals surface area contributed by atoms with Crippen LogP contribution < -0.4 is 0 Å². The van der Waals surface area contributed by atoms with Gasteiger partial charge in [-0.2, -0.15) is 0 Å². The van der Waals surface area contributed by atoms with Crippen molar-refractivity contribution < 1.29 is 4.74 Å².